The van der Waals surface area contributed by atoms with Crippen LogP contribution in [0.5, 0.6) is 0 Å². The molecule has 1 rings (SSSR count). The predicted octanol–water partition coefficient (Wildman–Crippen LogP) is 1.72. The van der Waals surface area contributed by atoms with Crippen LogP contribution in [-0.4, -0.2) is 29.1 Å². The Morgan fingerprint density at radius 3 is 2.67 bits per heavy atom. The van der Waals surface area contributed by atoms with Crippen LogP contribution < -0.4 is 10.6 Å². The van der Waals surface area contributed by atoms with Gasteiger partial charge in [-0.1, -0.05) is 0 Å². The van der Waals surface area contributed by atoms with Crippen molar-refractivity contribution in [3.05, 3.63) is 16.5 Å². The van der Waals surface area contributed by atoms with E-state index in [-0.39, 0.29) is 0 Å². The van der Waals surface area contributed by atoms with Crippen LogP contribution in [0.15, 0.2) is 10.8 Å². The van der Waals surface area contributed by atoms with Gasteiger partial charge in [0.15, 0.2) is 0 Å². The van der Waals surface area contributed by atoms with E-state index < -0.39 is 0 Å². The zero-order valence-corrected chi connectivity index (χ0v) is 11.0. The molecule has 0 aliphatic rings. The summed E-state index contributed by atoms with van der Waals surface area (Å²) in [5.41, 5.74) is 6.54. The highest BCUT2D eigenvalue weighted by atomic mass is 79.9. The number of halogens is 1. The van der Waals surface area contributed by atoms with Crippen LogP contribution in [0.3, 0.4) is 0 Å². The van der Waals surface area contributed by atoms with Crippen LogP contribution in [0.2, 0.25) is 0 Å². The molecule has 15 heavy (non-hydrogen) atoms. The van der Waals surface area contributed by atoms with E-state index in [9.17, 15) is 0 Å². The van der Waals surface area contributed by atoms with Crippen molar-refractivity contribution in [2.45, 2.75) is 26.8 Å². The molecule has 5 heteroatoms. The second-order valence-electron chi connectivity index (χ2n) is 3.67. The lowest BCUT2D eigenvalue weighted by atomic mass is 10.3. The van der Waals surface area contributed by atoms with E-state index in [0.717, 1.165) is 22.5 Å². The molecule has 0 saturated heterocycles. The first-order chi connectivity index (χ1) is 7.07. The maximum Gasteiger partial charge on any atom is 0.146 e. The van der Waals surface area contributed by atoms with Crippen LogP contribution in [-0.2, 0) is 0 Å². The number of anilines is 1. The molecule has 0 atom stereocenters. The topological polar surface area (TPSA) is 55.0 Å². The van der Waals surface area contributed by atoms with Crippen LogP contribution in [0.4, 0.5) is 5.82 Å². The van der Waals surface area contributed by atoms with Crippen LogP contribution >= 0.6 is 15.9 Å². The summed E-state index contributed by atoms with van der Waals surface area (Å²) in [5, 5.41) is 0. The SMILES string of the molecule is Cc1ncnc(N(CCN)C(C)C)c1Br. The molecule has 4 nitrogen and oxygen atoms in total. The summed E-state index contributed by atoms with van der Waals surface area (Å²) in [7, 11) is 0. The number of hydrogen-bond acceptors (Lipinski definition) is 4. The molecule has 0 unspecified atom stereocenters. The highest BCUT2D eigenvalue weighted by Crippen LogP contribution is 2.26. The van der Waals surface area contributed by atoms with E-state index in [4.69, 9.17) is 5.73 Å². The van der Waals surface area contributed by atoms with Gasteiger partial charge in [0.05, 0.1) is 10.2 Å². The van der Waals surface area contributed by atoms with Gasteiger partial charge in [-0.2, -0.15) is 0 Å². The maximum atomic E-state index is 5.59. The van der Waals surface area contributed by atoms with E-state index in [1.165, 1.54) is 0 Å². The summed E-state index contributed by atoms with van der Waals surface area (Å²) < 4.78 is 0.951. The quantitative estimate of drug-likeness (QED) is 0.907. The Labute approximate surface area is 99.0 Å². The van der Waals surface area contributed by atoms with Crippen molar-refractivity contribution in [3.63, 3.8) is 0 Å². The van der Waals surface area contributed by atoms with Gasteiger partial charge < -0.3 is 10.6 Å². The number of rotatable bonds is 4. The molecule has 0 spiro atoms. The summed E-state index contributed by atoms with van der Waals surface area (Å²) in [5.74, 6) is 0.919. The number of nitrogens with two attached hydrogens (primary N) is 1. The first kappa shape index (κ1) is 12.4. The van der Waals surface area contributed by atoms with Crippen molar-refractivity contribution in [2.24, 2.45) is 5.73 Å². The third-order valence-electron chi connectivity index (χ3n) is 2.21. The van der Waals surface area contributed by atoms with Crippen molar-refractivity contribution >= 4 is 21.7 Å². The molecule has 2 N–H and O–H groups in total. The number of aryl methyl sites for hydroxylation is 1. The fourth-order valence-electron chi connectivity index (χ4n) is 1.39. The first-order valence-corrected chi connectivity index (χ1v) is 5.81. The summed E-state index contributed by atoms with van der Waals surface area (Å²) >= 11 is 3.51. The molecule has 0 aliphatic carbocycles. The van der Waals surface area contributed by atoms with Crippen molar-refractivity contribution in [3.8, 4) is 0 Å². The highest BCUT2D eigenvalue weighted by molar-refractivity contribution is 9.10. The average molecular weight is 273 g/mol. The lowest BCUT2D eigenvalue weighted by Crippen LogP contribution is -2.36. The number of hydrogen-bond donors (Lipinski definition) is 1. The molecule has 84 valence electrons. The number of aromatic nitrogens is 2. The summed E-state index contributed by atoms with van der Waals surface area (Å²) in [6, 6.07) is 0.374. The van der Waals surface area contributed by atoms with Crippen LogP contribution in [0.25, 0.3) is 0 Å². The van der Waals surface area contributed by atoms with Crippen molar-refractivity contribution in [1.82, 2.24) is 9.97 Å². The predicted molar refractivity (Wildman–Crippen MR) is 66.0 cm³/mol. The normalized spacial score (nSPS) is 10.8. The Morgan fingerprint density at radius 2 is 2.13 bits per heavy atom. The average Bonchev–Trinajstić information content (AvgIpc) is 2.19. The molecule has 0 aromatic carbocycles. The van der Waals surface area contributed by atoms with E-state index in [1.54, 1.807) is 6.33 Å². The highest BCUT2D eigenvalue weighted by Gasteiger charge is 2.15. The summed E-state index contributed by atoms with van der Waals surface area (Å²) in [4.78, 5) is 10.6. The largest absolute Gasteiger partial charge is 0.352 e. The molecule has 0 saturated carbocycles. The van der Waals surface area contributed by atoms with Crippen molar-refractivity contribution in [1.29, 1.82) is 0 Å². The Kier molecular flexibility index (Phi) is 4.47. The van der Waals surface area contributed by atoms with Gasteiger partial charge in [0.1, 0.15) is 12.1 Å². The van der Waals surface area contributed by atoms with Gasteiger partial charge in [-0.3, -0.25) is 0 Å². The minimum Gasteiger partial charge on any atom is -0.352 e. The molecular weight excluding hydrogens is 256 g/mol. The minimum absolute atomic E-state index is 0.374. The summed E-state index contributed by atoms with van der Waals surface area (Å²) in [6.07, 6.45) is 1.58. The molecule has 0 amide bonds. The smallest absolute Gasteiger partial charge is 0.146 e. The van der Waals surface area contributed by atoms with Gasteiger partial charge in [0, 0.05) is 19.1 Å². The van der Waals surface area contributed by atoms with Gasteiger partial charge in [0.25, 0.3) is 0 Å². The Bertz CT molecular complexity index is 327. The second-order valence-corrected chi connectivity index (χ2v) is 4.47. The standard InChI is InChI=1S/C10H17BrN4/c1-7(2)15(5-4-12)10-9(11)8(3)13-6-14-10/h6-7H,4-5,12H2,1-3H3. The van der Waals surface area contributed by atoms with Crippen molar-refractivity contribution < 1.29 is 0 Å². The van der Waals surface area contributed by atoms with E-state index in [1.807, 2.05) is 6.92 Å². The number of nitrogens with zero attached hydrogens (tertiary/aromatic N) is 3. The third kappa shape index (κ3) is 2.89. The lowest BCUT2D eigenvalue weighted by molar-refractivity contribution is 0.671. The van der Waals surface area contributed by atoms with Gasteiger partial charge in [-0.05, 0) is 36.7 Å². The Balaban J connectivity index is 3.05. The van der Waals surface area contributed by atoms with Crippen LogP contribution in [0, 0.1) is 6.92 Å². The third-order valence-corrected chi connectivity index (χ3v) is 3.14. The van der Waals surface area contributed by atoms with E-state index >= 15 is 0 Å². The monoisotopic (exact) mass is 272 g/mol. The lowest BCUT2D eigenvalue weighted by Gasteiger charge is -2.28. The van der Waals surface area contributed by atoms with Gasteiger partial charge in [0.2, 0.25) is 0 Å². The van der Waals surface area contributed by atoms with Crippen LogP contribution in [0.1, 0.15) is 19.5 Å². The molecule has 0 aliphatic heterocycles. The Hall–Kier alpha value is -0.680. The fraction of sp³-hybridized carbons (Fsp3) is 0.600. The van der Waals surface area contributed by atoms with E-state index in [0.29, 0.717) is 12.6 Å². The molecule has 0 fully saturated rings. The fourth-order valence-corrected chi connectivity index (χ4v) is 1.83. The molecule has 0 radical (unpaired) electrons. The van der Waals surface area contributed by atoms with Gasteiger partial charge in [-0.15, -0.1) is 0 Å². The molecule has 1 heterocycles. The molecule has 0 bridgehead atoms. The molecule has 1 aromatic rings. The summed E-state index contributed by atoms with van der Waals surface area (Å²) in [6.45, 7) is 7.62. The van der Waals surface area contributed by atoms with Gasteiger partial charge in [-0.25, -0.2) is 9.97 Å². The first-order valence-electron chi connectivity index (χ1n) is 5.01. The van der Waals surface area contributed by atoms with E-state index in [2.05, 4.69) is 44.6 Å². The second kappa shape index (κ2) is 5.42. The Morgan fingerprint density at radius 1 is 1.47 bits per heavy atom. The molecule has 1 aromatic heterocycles. The van der Waals surface area contributed by atoms with Crippen molar-refractivity contribution in [2.75, 3.05) is 18.0 Å². The zero-order valence-electron chi connectivity index (χ0n) is 9.37. The minimum atomic E-state index is 0.374. The van der Waals surface area contributed by atoms with Gasteiger partial charge >= 0.3 is 0 Å². The maximum absolute atomic E-state index is 5.59. The molecular formula is C10H17BrN4. The zero-order chi connectivity index (χ0) is 11.4.